The minimum atomic E-state index is -1.56. The van der Waals surface area contributed by atoms with Crippen molar-refractivity contribution in [3.8, 4) is 0 Å². The van der Waals surface area contributed by atoms with E-state index in [2.05, 4.69) is 10.3 Å². The van der Waals surface area contributed by atoms with Crippen LogP contribution in [0.1, 0.15) is 10.5 Å². The van der Waals surface area contributed by atoms with Crippen molar-refractivity contribution in [1.29, 1.82) is 0 Å². The van der Waals surface area contributed by atoms with Crippen molar-refractivity contribution in [2.75, 3.05) is 0 Å². The van der Waals surface area contributed by atoms with Crippen LogP contribution in [0.3, 0.4) is 0 Å². The molecule has 6 N–H and O–H groups in total. The molecule has 0 fully saturated rings. The predicted molar refractivity (Wildman–Crippen MR) is 73.0 cm³/mol. The van der Waals surface area contributed by atoms with Gasteiger partial charge in [0.2, 0.25) is 11.8 Å². The van der Waals surface area contributed by atoms with Gasteiger partial charge in [0, 0.05) is 15.9 Å². The van der Waals surface area contributed by atoms with E-state index in [0.717, 1.165) is 5.39 Å². The van der Waals surface area contributed by atoms with Crippen LogP contribution in [0.15, 0.2) is 24.3 Å². The zero-order valence-electron chi connectivity index (χ0n) is 10.1. The summed E-state index contributed by atoms with van der Waals surface area (Å²) in [5.41, 5.74) is 10.8. The van der Waals surface area contributed by atoms with Gasteiger partial charge in [-0.15, -0.1) is 0 Å². The molecule has 0 aliphatic heterocycles. The minimum Gasteiger partial charge on any atom is -0.367 e. The SMILES string of the molecule is NC(=O)C(NC(=O)c1cc2ccc(Cl)cc2[nH]1)C(N)=O. The first kappa shape index (κ1) is 13.9. The maximum Gasteiger partial charge on any atom is 0.268 e. The highest BCUT2D eigenvalue weighted by molar-refractivity contribution is 6.31. The Bertz CT molecular complexity index is 696. The second-order valence-corrected chi connectivity index (χ2v) is 4.56. The molecule has 2 aromatic rings. The zero-order chi connectivity index (χ0) is 14.9. The van der Waals surface area contributed by atoms with Gasteiger partial charge in [0.15, 0.2) is 6.04 Å². The van der Waals surface area contributed by atoms with Gasteiger partial charge in [-0.1, -0.05) is 17.7 Å². The normalized spacial score (nSPS) is 10.7. The van der Waals surface area contributed by atoms with Crippen molar-refractivity contribution in [2.24, 2.45) is 11.5 Å². The Kier molecular flexibility index (Phi) is 3.62. The van der Waals surface area contributed by atoms with E-state index in [0.29, 0.717) is 10.5 Å². The monoisotopic (exact) mass is 294 g/mol. The molecule has 1 aromatic carbocycles. The van der Waals surface area contributed by atoms with Gasteiger partial charge in [0.05, 0.1) is 0 Å². The molecule has 0 saturated carbocycles. The van der Waals surface area contributed by atoms with Gasteiger partial charge in [-0.3, -0.25) is 14.4 Å². The largest absolute Gasteiger partial charge is 0.367 e. The zero-order valence-corrected chi connectivity index (χ0v) is 10.9. The smallest absolute Gasteiger partial charge is 0.268 e. The van der Waals surface area contributed by atoms with E-state index in [4.69, 9.17) is 23.1 Å². The van der Waals surface area contributed by atoms with Crippen LogP contribution in [0.25, 0.3) is 10.9 Å². The van der Waals surface area contributed by atoms with Crippen LogP contribution in [0, 0.1) is 0 Å². The minimum absolute atomic E-state index is 0.162. The Balaban J connectivity index is 2.27. The highest BCUT2D eigenvalue weighted by Crippen LogP contribution is 2.19. The van der Waals surface area contributed by atoms with Crippen molar-refractivity contribution in [1.82, 2.24) is 10.3 Å². The van der Waals surface area contributed by atoms with E-state index in [1.807, 2.05) is 0 Å². The number of halogens is 1. The molecule has 0 spiro atoms. The van der Waals surface area contributed by atoms with Gasteiger partial charge < -0.3 is 21.8 Å². The Morgan fingerprint density at radius 2 is 1.80 bits per heavy atom. The number of H-pyrrole nitrogens is 1. The number of carbonyl (C=O) groups excluding carboxylic acids is 3. The maximum absolute atomic E-state index is 11.9. The lowest BCUT2D eigenvalue weighted by Gasteiger charge is -2.10. The summed E-state index contributed by atoms with van der Waals surface area (Å²) < 4.78 is 0. The summed E-state index contributed by atoms with van der Waals surface area (Å²) in [6.07, 6.45) is 0. The first-order chi connectivity index (χ1) is 9.38. The molecule has 20 heavy (non-hydrogen) atoms. The highest BCUT2D eigenvalue weighted by Gasteiger charge is 2.24. The molecule has 1 heterocycles. The number of fused-ring (bicyclic) bond motifs is 1. The average Bonchev–Trinajstić information content (AvgIpc) is 2.77. The van der Waals surface area contributed by atoms with Crippen LogP contribution >= 0.6 is 11.6 Å². The number of primary amides is 2. The average molecular weight is 295 g/mol. The Hall–Kier alpha value is -2.54. The lowest BCUT2D eigenvalue weighted by Crippen LogP contribution is -2.52. The van der Waals surface area contributed by atoms with Gasteiger partial charge >= 0.3 is 0 Å². The molecule has 0 radical (unpaired) electrons. The predicted octanol–water partition coefficient (Wildman–Crippen LogP) is -0.110. The molecular weight excluding hydrogens is 284 g/mol. The summed E-state index contributed by atoms with van der Waals surface area (Å²) in [7, 11) is 0. The van der Waals surface area contributed by atoms with Crippen molar-refractivity contribution >= 4 is 40.2 Å². The molecule has 7 nitrogen and oxygen atoms in total. The quantitative estimate of drug-likeness (QED) is 0.587. The number of hydrogen-bond donors (Lipinski definition) is 4. The standard InChI is InChI=1S/C12H11ClN4O3/c13-6-2-1-5-3-8(16-7(5)4-6)12(20)17-9(10(14)18)11(15)19/h1-4,9,16H,(H2,14,18)(H2,15,19)(H,17,20). The third-order valence-electron chi connectivity index (χ3n) is 2.67. The first-order valence-electron chi connectivity index (χ1n) is 5.56. The number of nitrogens with one attached hydrogen (secondary N) is 2. The van der Waals surface area contributed by atoms with E-state index in [1.54, 1.807) is 24.3 Å². The van der Waals surface area contributed by atoms with E-state index < -0.39 is 23.8 Å². The first-order valence-corrected chi connectivity index (χ1v) is 5.94. The van der Waals surface area contributed by atoms with Gasteiger partial charge in [0.25, 0.3) is 5.91 Å². The highest BCUT2D eigenvalue weighted by atomic mass is 35.5. The molecule has 2 rings (SSSR count). The summed E-state index contributed by atoms with van der Waals surface area (Å²) in [6, 6.07) is 5.05. The van der Waals surface area contributed by atoms with Crippen LogP contribution in [0.4, 0.5) is 0 Å². The van der Waals surface area contributed by atoms with Crippen LogP contribution < -0.4 is 16.8 Å². The van der Waals surface area contributed by atoms with E-state index in [1.165, 1.54) is 0 Å². The summed E-state index contributed by atoms with van der Waals surface area (Å²) in [5, 5.41) is 3.43. The molecule has 0 saturated heterocycles. The number of aromatic nitrogens is 1. The van der Waals surface area contributed by atoms with Crippen molar-refractivity contribution in [3.63, 3.8) is 0 Å². The summed E-state index contributed by atoms with van der Waals surface area (Å²) in [4.78, 5) is 36.8. The topological polar surface area (TPSA) is 131 Å². The molecular formula is C12H11ClN4O3. The Morgan fingerprint density at radius 1 is 1.15 bits per heavy atom. The molecule has 3 amide bonds. The van der Waals surface area contributed by atoms with E-state index in [9.17, 15) is 14.4 Å². The van der Waals surface area contributed by atoms with Crippen molar-refractivity contribution in [3.05, 3.63) is 35.0 Å². The number of aromatic amines is 1. The van der Waals surface area contributed by atoms with Gasteiger partial charge in [-0.05, 0) is 18.2 Å². The lowest BCUT2D eigenvalue weighted by molar-refractivity contribution is -0.128. The second-order valence-electron chi connectivity index (χ2n) is 4.13. The van der Waals surface area contributed by atoms with Crippen LogP contribution in [-0.2, 0) is 9.59 Å². The Morgan fingerprint density at radius 3 is 2.40 bits per heavy atom. The molecule has 0 aliphatic carbocycles. The lowest BCUT2D eigenvalue weighted by atomic mass is 10.2. The number of nitrogens with two attached hydrogens (primary N) is 2. The molecule has 0 bridgehead atoms. The van der Waals surface area contributed by atoms with Crippen LogP contribution in [-0.4, -0.2) is 28.7 Å². The number of rotatable bonds is 4. The third kappa shape index (κ3) is 2.72. The molecule has 1 aromatic heterocycles. The van der Waals surface area contributed by atoms with Crippen molar-refractivity contribution < 1.29 is 14.4 Å². The number of hydrogen-bond acceptors (Lipinski definition) is 3. The number of carbonyl (C=O) groups is 3. The third-order valence-corrected chi connectivity index (χ3v) is 2.91. The number of benzene rings is 1. The number of amides is 3. The summed E-state index contributed by atoms with van der Waals surface area (Å²) in [6.45, 7) is 0. The van der Waals surface area contributed by atoms with Gasteiger partial charge in [0.1, 0.15) is 5.69 Å². The fourth-order valence-corrected chi connectivity index (χ4v) is 1.89. The Labute approximate surface area is 118 Å². The van der Waals surface area contributed by atoms with Crippen LogP contribution in [0.5, 0.6) is 0 Å². The molecule has 104 valence electrons. The summed E-state index contributed by atoms with van der Waals surface area (Å²) in [5.74, 6) is -2.71. The second kappa shape index (κ2) is 5.22. The van der Waals surface area contributed by atoms with E-state index >= 15 is 0 Å². The summed E-state index contributed by atoms with van der Waals surface area (Å²) >= 11 is 5.83. The van der Waals surface area contributed by atoms with Crippen molar-refractivity contribution in [2.45, 2.75) is 6.04 Å². The van der Waals surface area contributed by atoms with Crippen LogP contribution in [0.2, 0.25) is 5.02 Å². The van der Waals surface area contributed by atoms with E-state index in [-0.39, 0.29) is 5.69 Å². The maximum atomic E-state index is 11.9. The fourth-order valence-electron chi connectivity index (χ4n) is 1.71. The molecule has 0 aliphatic rings. The molecule has 0 unspecified atom stereocenters. The van der Waals surface area contributed by atoms with Gasteiger partial charge in [-0.25, -0.2) is 0 Å². The van der Waals surface area contributed by atoms with Gasteiger partial charge in [-0.2, -0.15) is 0 Å². The fraction of sp³-hybridized carbons (Fsp3) is 0.0833. The molecule has 0 atom stereocenters. The molecule has 8 heteroatoms.